The molecule has 1 N–H and O–H groups in total. The van der Waals surface area contributed by atoms with Crippen molar-refractivity contribution in [3.63, 3.8) is 0 Å². The number of rotatable bonds is 3. The van der Waals surface area contributed by atoms with Crippen LogP contribution in [-0.4, -0.2) is 4.57 Å². The molecule has 5 rings (SSSR count). The van der Waals surface area contributed by atoms with Crippen molar-refractivity contribution in [1.82, 2.24) is 4.57 Å². The predicted octanol–water partition coefficient (Wildman–Crippen LogP) is 7.82. The lowest BCUT2D eigenvalue weighted by atomic mass is 9.87. The van der Waals surface area contributed by atoms with Gasteiger partial charge in [-0.25, -0.2) is 0 Å². The molecule has 30 heavy (non-hydrogen) atoms. The maximum Gasteiger partial charge on any atom is 0.0776 e. The van der Waals surface area contributed by atoms with Crippen LogP contribution in [0.4, 0.5) is 11.4 Å². The van der Waals surface area contributed by atoms with Gasteiger partial charge in [-0.15, -0.1) is 0 Å². The summed E-state index contributed by atoms with van der Waals surface area (Å²) in [7, 11) is 0. The standard InChI is InChI=1S/C28H26N2/c1-28(2,3)20-16-18-21(19-17-20)29-25-14-9-13-24-23-12-7-8-15-26(23)30(27(24)25)22-10-5-4-6-11-22/h4-19,29H,1-3H3. The van der Waals surface area contributed by atoms with E-state index in [1.54, 1.807) is 0 Å². The maximum atomic E-state index is 3.68. The lowest BCUT2D eigenvalue weighted by Gasteiger charge is -2.19. The molecule has 0 amide bonds. The third-order valence-electron chi connectivity index (χ3n) is 5.74. The van der Waals surface area contributed by atoms with E-state index in [0.29, 0.717) is 0 Å². The molecule has 0 aliphatic heterocycles. The maximum absolute atomic E-state index is 3.68. The number of benzene rings is 4. The van der Waals surface area contributed by atoms with Crippen molar-refractivity contribution in [3.05, 3.63) is 103 Å². The highest BCUT2D eigenvalue weighted by Gasteiger charge is 2.16. The van der Waals surface area contributed by atoms with Crippen LogP contribution in [-0.2, 0) is 5.41 Å². The van der Waals surface area contributed by atoms with Crippen LogP contribution < -0.4 is 5.32 Å². The largest absolute Gasteiger partial charge is 0.354 e. The Morgan fingerprint density at radius 1 is 0.633 bits per heavy atom. The average Bonchev–Trinajstić information content (AvgIpc) is 3.10. The molecule has 0 fully saturated rings. The summed E-state index contributed by atoms with van der Waals surface area (Å²) >= 11 is 0. The zero-order valence-corrected chi connectivity index (χ0v) is 17.7. The Kier molecular flexibility index (Phi) is 4.36. The average molecular weight is 391 g/mol. The van der Waals surface area contributed by atoms with E-state index in [4.69, 9.17) is 0 Å². The van der Waals surface area contributed by atoms with Gasteiger partial charge in [-0.3, -0.25) is 0 Å². The van der Waals surface area contributed by atoms with Gasteiger partial charge in [0.2, 0.25) is 0 Å². The Morgan fingerprint density at radius 2 is 1.30 bits per heavy atom. The van der Waals surface area contributed by atoms with Gasteiger partial charge in [0.15, 0.2) is 0 Å². The fourth-order valence-corrected chi connectivity index (χ4v) is 4.17. The Bertz CT molecular complexity index is 1320. The quantitative estimate of drug-likeness (QED) is 0.332. The van der Waals surface area contributed by atoms with E-state index in [9.17, 15) is 0 Å². The minimum absolute atomic E-state index is 0.151. The van der Waals surface area contributed by atoms with Gasteiger partial charge in [0, 0.05) is 22.1 Å². The number of nitrogens with one attached hydrogen (secondary N) is 1. The SMILES string of the molecule is CC(C)(C)c1ccc(Nc2cccc3c4ccccc4n(-c4ccccc4)c23)cc1. The molecule has 4 aromatic carbocycles. The number of hydrogen-bond acceptors (Lipinski definition) is 1. The second-order valence-corrected chi connectivity index (χ2v) is 8.84. The summed E-state index contributed by atoms with van der Waals surface area (Å²) < 4.78 is 2.36. The molecule has 2 nitrogen and oxygen atoms in total. The highest BCUT2D eigenvalue weighted by Crippen LogP contribution is 2.37. The van der Waals surface area contributed by atoms with E-state index in [0.717, 1.165) is 11.4 Å². The summed E-state index contributed by atoms with van der Waals surface area (Å²) in [4.78, 5) is 0. The molecular weight excluding hydrogens is 364 g/mol. The van der Waals surface area contributed by atoms with Crippen LogP contribution in [0.25, 0.3) is 27.5 Å². The van der Waals surface area contributed by atoms with Gasteiger partial charge in [-0.2, -0.15) is 0 Å². The summed E-state index contributed by atoms with van der Waals surface area (Å²) in [6.45, 7) is 6.73. The number of hydrogen-bond donors (Lipinski definition) is 1. The predicted molar refractivity (Wildman–Crippen MR) is 129 cm³/mol. The molecule has 1 aromatic heterocycles. The molecule has 0 radical (unpaired) electrons. The summed E-state index contributed by atoms with van der Waals surface area (Å²) in [5, 5.41) is 6.20. The van der Waals surface area contributed by atoms with Crippen molar-refractivity contribution in [2.24, 2.45) is 0 Å². The van der Waals surface area contributed by atoms with E-state index in [-0.39, 0.29) is 5.41 Å². The first-order chi connectivity index (χ1) is 14.5. The molecule has 148 valence electrons. The fraction of sp³-hybridized carbons (Fsp3) is 0.143. The first-order valence-electron chi connectivity index (χ1n) is 10.5. The normalized spacial score (nSPS) is 11.8. The molecule has 1 heterocycles. The van der Waals surface area contributed by atoms with Gasteiger partial charge in [-0.1, -0.05) is 81.4 Å². The fourth-order valence-electron chi connectivity index (χ4n) is 4.17. The zero-order chi connectivity index (χ0) is 20.7. The summed E-state index contributed by atoms with van der Waals surface area (Å²) in [6, 6.07) is 34.5. The van der Waals surface area contributed by atoms with Crippen molar-refractivity contribution >= 4 is 33.2 Å². The minimum Gasteiger partial charge on any atom is -0.354 e. The van der Waals surface area contributed by atoms with Crippen LogP contribution in [0.2, 0.25) is 0 Å². The molecule has 0 aliphatic rings. The third-order valence-corrected chi connectivity index (χ3v) is 5.74. The van der Waals surface area contributed by atoms with E-state index in [1.165, 1.54) is 33.1 Å². The van der Waals surface area contributed by atoms with Gasteiger partial charge < -0.3 is 9.88 Å². The Hall–Kier alpha value is -3.52. The van der Waals surface area contributed by atoms with Crippen LogP contribution in [0.3, 0.4) is 0 Å². The highest BCUT2D eigenvalue weighted by molar-refractivity contribution is 6.13. The highest BCUT2D eigenvalue weighted by atomic mass is 15.0. The Labute approximate surface area is 177 Å². The van der Waals surface area contributed by atoms with Crippen molar-refractivity contribution in [1.29, 1.82) is 0 Å². The van der Waals surface area contributed by atoms with Gasteiger partial charge in [0.25, 0.3) is 0 Å². The van der Waals surface area contributed by atoms with E-state index in [2.05, 4.69) is 128 Å². The number of aromatic nitrogens is 1. The minimum atomic E-state index is 0.151. The van der Waals surface area contributed by atoms with E-state index < -0.39 is 0 Å². The molecule has 0 bridgehead atoms. The third kappa shape index (κ3) is 3.15. The molecule has 0 atom stereocenters. The summed E-state index contributed by atoms with van der Waals surface area (Å²) in [6.07, 6.45) is 0. The first kappa shape index (κ1) is 18.5. The van der Waals surface area contributed by atoms with E-state index >= 15 is 0 Å². The summed E-state index contributed by atoms with van der Waals surface area (Å²) in [5.74, 6) is 0. The molecule has 5 aromatic rings. The molecule has 0 saturated heterocycles. The molecular formula is C28H26N2. The topological polar surface area (TPSA) is 17.0 Å². The lowest BCUT2D eigenvalue weighted by molar-refractivity contribution is 0.590. The van der Waals surface area contributed by atoms with Crippen LogP contribution in [0.5, 0.6) is 0 Å². The molecule has 2 heteroatoms. The second kappa shape index (κ2) is 7.07. The summed E-state index contributed by atoms with van der Waals surface area (Å²) in [5.41, 5.74) is 7.28. The van der Waals surface area contributed by atoms with E-state index in [1.807, 2.05) is 0 Å². The molecule has 0 saturated carbocycles. The second-order valence-electron chi connectivity index (χ2n) is 8.84. The van der Waals surface area contributed by atoms with Crippen LogP contribution >= 0.6 is 0 Å². The van der Waals surface area contributed by atoms with Crippen molar-refractivity contribution in [2.75, 3.05) is 5.32 Å². The van der Waals surface area contributed by atoms with Gasteiger partial charge in [0.1, 0.15) is 0 Å². The lowest BCUT2D eigenvalue weighted by Crippen LogP contribution is -2.10. The smallest absolute Gasteiger partial charge is 0.0776 e. The Morgan fingerprint density at radius 3 is 2.03 bits per heavy atom. The first-order valence-corrected chi connectivity index (χ1v) is 10.5. The van der Waals surface area contributed by atoms with Crippen LogP contribution in [0.1, 0.15) is 26.3 Å². The van der Waals surface area contributed by atoms with Crippen LogP contribution in [0, 0.1) is 0 Å². The molecule has 0 aliphatic carbocycles. The van der Waals surface area contributed by atoms with Crippen LogP contribution in [0.15, 0.2) is 97.1 Å². The molecule has 0 spiro atoms. The zero-order valence-electron chi connectivity index (χ0n) is 17.7. The van der Waals surface area contributed by atoms with Gasteiger partial charge in [-0.05, 0) is 47.4 Å². The number of anilines is 2. The van der Waals surface area contributed by atoms with Gasteiger partial charge >= 0.3 is 0 Å². The monoisotopic (exact) mass is 390 g/mol. The van der Waals surface area contributed by atoms with Crippen molar-refractivity contribution < 1.29 is 0 Å². The number of nitrogens with zero attached hydrogens (tertiary/aromatic N) is 1. The number of fused-ring (bicyclic) bond motifs is 3. The van der Waals surface area contributed by atoms with Crippen molar-refractivity contribution in [2.45, 2.75) is 26.2 Å². The Balaban J connectivity index is 1.70. The van der Waals surface area contributed by atoms with Crippen molar-refractivity contribution in [3.8, 4) is 5.69 Å². The van der Waals surface area contributed by atoms with Gasteiger partial charge in [0.05, 0.1) is 16.7 Å². The molecule has 0 unspecified atom stereocenters. The number of para-hydroxylation sites is 3.